The molecule has 2 aromatic carbocycles. The molecule has 0 saturated carbocycles. The molecule has 0 radical (unpaired) electrons. The summed E-state index contributed by atoms with van der Waals surface area (Å²) >= 11 is 0. The minimum Gasteiger partial charge on any atom is -0.493 e. The molecule has 0 amide bonds. The number of aromatic nitrogens is 2. The number of H-pyrrole nitrogens is 1. The maximum absolute atomic E-state index is 5.42. The zero-order valence-electron chi connectivity index (χ0n) is 14.5. The van der Waals surface area contributed by atoms with E-state index in [1.807, 2.05) is 24.4 Å². The fourth-order valence-corrected chi connectivity index (χ4v) is 2.85. The van der Waals surface area contributed by atoms with Crippen molar-refractivity contribution < 1.29 is 9.47 Å². The Morgan fingerprint density at radius 3 is 2.52 bits per heavy atom. The van der Waals surface area contributed by atoms with Crippen LogP contribution in [0.25, 0.3) is 0 Å². The van der Waals surface area contributed by atoms with E-state index >= 15 is 0 Å². The van der Waals surface area contributed by atoms with Gasteiger partial charge in [0.25, 0.3) is 0 Å². The van der Waals surface area contributed by atoms with E-state index in [0.29, 0.717) is 6.54 Å². The van der Waals surface area contributed by atoms with Crippen molar-refractivity contribution in [3.63, 3.8) is 0 Å². The molecule has 0 spiro atoms. The van der Waals surface area contributed by atoms with Gasteiger partial charge in [0.1, 0.15) is 5.82 Å². The summed E-state index contributed by atoms with van der Waals surface area (Å²) in [7, 11) is 3.31. The molecule has 0 saturated heterocycles. The van der Waals surface area contributed by atoms with Crippen LogP contribution >= 0.6 is 0 Å². The molecule has 0 aliphatic heterocycles. The highest BCUT2D eigenvalue weighted by atomic mass is 16.5. The zero-order valence-corrected chi connectivity index (χ0v) is 14.5. The summed E-state index contributed by atoms with van der Waals surface area (Å²) in [6.07, 6.45) is 4.44. The van der Waals surface area contributed by atoms with Gasteiger partial charge in [0.05, 0.1) is 20.8 Å². The molecule has 5 heteroatoms. The number of hydrogen-bond donors (Lipinski definition) is 2. The third-order valence-corrected chi connectivity index (χ3v) is 4.16. The van der Waals surface area contributed by atoms with Gasteiger partial charge in [-0.25, -0.2) is 4.98 Å². The first-order valence-electron chi connectivity index (χ1n) is 8.27. The standard InChI is InChI=1S/C20H23N3O2/c1-24-18-9-8-15(13-19(18)25-2)12-17(16-6-4-3-5-7-16)23-14-20-21-10-11-22-20/h3-11,13,17,23H,12,14H2,1-2H3,(H,21,22). The van der Waals surface area contributed by atoms with E-state index in [2.05, 4.69) is 45.6 Å². The van der Waals surface area contributed by atoms with Gasteiger partial charge in [0.15, 0.2) is 11.5 Å². The fraction of sp³-hybridized carbons (Fsp3) is 0.250. The van der Waals surface area contributed by atoms with Crippen molar-refractivity contribution in [3.05, 3.63) is 77.9 Å². The van der Waals surface area contributed by atoms with Crippen LogP contribution in [-0.2, 0) is 13.0 Å². The Morgan fingerprint density at radius 1 is 1.04 bits per heavy atom. The van der Waals surface area contributed by atoms with E-state index in [4.69, 9.17) is 9.47 Å². The lowest BCUT2D eigenvalue weighted by Gasteiger charge is -2.20. The molecule has 1 unspecified atom stereocenters. The molecule has 3 rings (SSSR count). The molecule has 5 nitrogen and oxygen atoms in total. The predicted molar refractivity (Wildman–Crippen MR) is 97.9 cm³/mol. The predicted octanol–water partition coefficient (Wildman–Crippen LogP) is 3.50. The van der Waals surface area contributed by atoms with Crippen molar-refractivity contribution in [2.45, 2.75) is 19.0 Å². The lowest BCUT2D eigenvalue weighted by Crippen LogP contribution is -2.23. The first kappa shape index (κ1) is 17.0. The number of hydrogen-bond acceptors (Lipinski definition) is 4. The second-order valence-corrected chi connectivity index (χ2v) is 5.77. The van der Waals surface area contributed by atoms with Gasteiger partial charge in [-0.1, -0.05) is 36.4 Å². The average Bonchev–Trinajstić information content (AvgIpc) is 3.19. The van der Waals surface area contributed by atoms with Crippen molar-refractivity contribution >= 4 is 0 Å². The number of imidazole rings is 1. The van der Waals surface area contributed by atoms with E-state index in [-0.39, 0.29) is 6.04 Å². The van der Waals surface area contributed by atoms with Gasteiger partial charge < -0.3 is 19.8 Å². The zero-order chi connectivity index (χ0) is 17.5. The van der Waals surface area contributed by atoms with E-state index in [9.17, 15) is 0 Å². The number of methoxy groups -OCH3 is 2. The van der Waals surface area contributed by atoms with Crippen LogP contribution < -0.4 is 14.8 Å². The maximum Gasteiger partial charge on any atom is 0.160 e. The Bertz CT molecular complexity index is 773. The van der Waals surface area contributed by atoms with E-state index in [1.165, 1.54) is 11.1 Å². The molecule has 0 aliphatic rings. The van der Waals surface area contributed by atoms with Crippen LogP contribution in [0.5, 0.6) is 11.5 Å². The maximum atomic E-state index is 5.42. The molecule has 0 aliphatic carbocycles. The lowest BCUT2D eigenvalue weighted by atomic mass is 9.98. The van der Waals surface area contributed by atoms with Gasteiger partial charge in [-0.15, -0.1) is 0 Å². The topological polar surface area (TPSA) is 59.2 Å². The van der Waals surface area contributed by atoms with E-state index in [0.717, 1.165) is 23.7 Å². The summed E-state index contributed by atoms with van der Waals surface area (Å²) in [4.78, 5) is 7.42. The number of ether oxygens (including phenoxy) is 2. The summed E-state index contributed by atoms with van der Waals surface area (Å²) < 4.78 is 10.7. The molecule has 1 aromatic heterocycles. The van der Waals surface area contributed by atoms with E-state index < -0.39 is 0 Å². The van der Waals surface area contributed by atoms with Crippen molar-refractivity contribution in [2.75, 3.05) is 14.2 Å². The molecular weight excluding hydrogens is 314 g/mol. The fourth-order valence-electron chi connectivity index (χ4n) is 2.85. The first-order chi connectivity index (χ1) is 12.3. The Morgan fingerprint density at radius 2 is 1.84 bits per heavy atom. The highest BCUT2D eigenvalue weighted by molar-refractivity contribution is 5.43. The molecule has 3 aromatic rings. The molecule has 0 fully saturated rings. The molecule has 130 valence electrons. The monoisotopic (exact) mass is 337 g/mol. The Labute approximate surface area is 148 Å². The van der Waals surface area contributed by atoms with Gasteiger partial charge in [-0.05, 0) is 29.7 Å². The second kappa shape index (κ2) is 8.35. The Balaban J connectivity index is 1.79. The van der Waals surface area contributed by atoms with Gasteiger partial charge >= 0.3 is 0 Å². The lowest BCUT2D eigenvalue weighted by molar-refractivity contribution is 0.354. The number of nitrogens with zero attached hydrogens (tertiary/aromatic N) is 1. The van der Waals surface area contributed by atoms with Crippen LogP contribution in [-0.4, -0.2) is 24.2 Å². The molecule has 2 N–H and O–H groups in total. The van der Waals surface area contributed by atoms with Gasteiger partial charge in [-0.2, -0.15) is 0 Å². The van der Waals surface area contributed by atoms with Gasteiger partial charge in [-0.3, -0.25) is 0 Å². The summed E-state index contributed by atoms with van der Waals surface area (Å²) in [5.41, 5.74) is 2.42. The third kappa shape index (κ3) is 4.39. The third-order valence-electron chi connectivity index (χ3n) is 4.16. The molecule has 1 heterocycles. The van der Waals surface area contributed by atoms with Crippen molar-refractivity contribution in [2.24, 2.45) is 0 Å². The Hall–Kier alpha value is -2.79. The molecular formula is C20H23N3O2. The summed E-state index contributed by atoms with van der Waals surface area (Å²) in [6.45, 7) is 0.680. The number of aromatic amines is 1. The van der Waals surface area contributed by atoms with Crippen molar-refractivity contribution in [1.82, 2.24) is 15.3 Å². The Kier molecular flexibility index (Phi) is 5.69. The highest BCUT2D eigenvalue weighted by Gasteiger charge is 2.14. The van der Waals surface area contributed by atoms with Crippen molar-refractivity contribution in [3.8, 4) is 11.5 Å². The highest BCUT2D eigenvalue weighted by Crippen LogP contribution is 2.29. The minimum absolute atomic E-state index is 0.171. The second-order valence-electron chi connectivity index (χ2n) is 5.77. The normalized spacial score (nSPS) is 11.9. The largest absolute Gasteiger partial charge is 0.493 e. The number of rotatable bonds is 8. The number of benzene rings is 2. The van der Waals surface area contributed by atoms with Gasteiger partial charge in [0, 0.05) is 18.4 Å². The first-order valence-corrected chi connectivity index (χ1v) is 8.27. The van der Waals surface area contributed by atoms with Crippen LogP contribution in [0.4, 0.5) is 0 Å². The SMILES string of the molecule is COc1ccc(CC(NCc2ncc[nH]2)c2ccccc2)cc1OC. The van der Waals surface area contributed by atoms with Crippen LogP contribution in [0, 0.1) is 0 Å². The van der Waals surface area contributed by atoms with Crippen LogP contribution in [0.15, 0.2) is 60.9 Å². The summed E-state index contributed by atoms with van der Waals surface area (Å²) in [6, 6.07) is 16.7. The smallest absolute Gasteiger partial charge is 0.160 e. The quantitative estimate of drug-likeness (QED) is 0.660. The number of nitrogens with one attached hydrogen (secondary N) is 2. The van der Waals surface area contributed by atoms with Crippen LogP contribution in [0.2, 0.25) is 0 Å². The molecule has 25 heavy (non-hydrogen) atoms. The molecule has 1 atom stereocenters. The molecule has 0 bridgehead atoms. The average molecular weight is 337 g/mol. The van der Waals surface area contributed by atoms with Crippen LogP contribution in [0.1, 0.15) is 23.0 Å². The summed E-state index contributed by atoms with van der Waals surface area (Å²) in [5.74, 6) is 2.41. The van der Waals surface area contributed by atoms with Gasteiger partial charge in [0.2, 0.25) is 0 Å². The summed E-state index contributed by atoms with van der Waals surface area (Å²) in [5, 5.41) is 3.59. The van der Waals surface area contributed by atoms with E-state index in [1.54, 1.807) is 20.4 Å². The van der Waals surface area contributed by atoms with Crippen LogP contribution in [0.3, 0.4) is 0 Å². The van der Waals surface area contributed by atoms with Crippen molar-refractivity contribution in [1.29, 1.82) is 0 Å². The minimum atomic E-state index is 0.171.